The van der Waals surface area contributed by atoms with Crippen LogP contribution in [0.5, 0.6) is 0 Å². The summed E-state index contributed by atoms with van der Waals surface area (Å²) in [4.78, 5) is 36.1. The van der Waals surface area contributed by atoms with Crippen LogP contribution in [0.1, 0.15) is 56.3 Å². The molecule has 0 aliphatic carbocycles. The van der Waals surface area contributed by atoms with Crippen molar-refractivity contribution >= 4 is 17.2 Å². The van der Waals surface area contributed by atoms with Gasteiger partial charge in [-0.05, 0) is 48.3 Å². The van der Waals surface area contributed by atoms with Crippen LogP contribution in [0, 0.1) is 18.8 Å². The van der Waals surface area contributed by atoms with Crippen LogP contribution < -0.4 is 11.3 Å². The predicted octanol–water partition coefficient (Wildman–Crippen LogP) is 5.41. The summed E-state index contributed by atoms with van der Waals surface area (Å²) >= 11 is 5.87. The van der Waals surface area contributed by atoms with Crippen LogP contribution in [-0.2, 0) is 19.4 Å². The number of aryl methyl sites for hydroxylation is 2. The Labute approximate surface area is 245 Å². The number of rotatable bonds is 8. The quantitative estimate of drug-likeness (QED) is 0.283. The summed E-state index contributed by atoms with van der Waals surface area (Å²) in [5.74, 6) is 1.77. The highest BCUT2D eigenvalue weighted by molar-refractivity contribution is 7.80. The molecule has 9 heteroatoms. The fourth-order valence-electron chi connectivity index (χ4n) is 5.93. The van der Waals surface area contributed by atoms with Crippen molar-refractivity contribution in [2.75, 3.05) is 13.1 Å². The third kappa shape index (κ3) is 6.40. The summed E-state index contributed by atoms with van der Waals surface area (Å²) in [6.45, 7) is 10.9. The van der Waals surface area contributed by atoms with Gasteiger partial charge < -0.3 is 4.90 Å². The van der Waals surface area contributed by atoms with Gasteiger partial charge in [0.15, 0.2) is 5.82 Å². The van der Waals surface area contributed by atoms with E-state index in [0.717, 1.165) is 64.7 Å². The van der Waals surface area contributed by atoms with E-state index in [1.807, 2.05) is 60.0 Å². The van der Waals surface area contributed by atoms with E-state index in [9.17, 15) is 9.59 Å². The van der Waals surface area contributed by atoms with Crippen molar-refractivity contribution in [1.29, 1.82) is 0 Å². The standard InChI is InChI=1S/C32H37N5O3S/c1-5-8-28-33-22(4)27(16-29(41)36-17-20(2)15-21(3)18-36)31(38)37(28)19-23-11-13-24(14-12-23)25-9-6-7-10-26(25)30-34-32(39)40-35-30/h6-7,9-14,20-21H,5,8,15-19H2,1-4H3,(H,34,35,39). The minimum absolute atomic E-state index is 0.00850. The number of aromatic nitrogens is 4. The topological polar surface area (TPSA) is 97.0 Å². The summed E-state index contributed by atoms with van der Waals surface area (Å²) in [6, 6.07) is 15.8. The van der Waals surface area contributed by atoms with Crippen LogP contribution in [0.4, 0.5) is 0 Å². The molecule has 0 spiro atoms. The Balaban J connectivity index is 1.42. The molecular weight excluding hydrogens is 534 g/mol. The molecule has 3 heterocycles. The Bertz CT molecular complexity index is 1640. The maximum atomic E-state index is 13.9. The Kier molecular flexibility index (Phi) is 8.63. The summed E-state index contributed by atoms with van der Waals surface area (Å²) in [5, 5.41) is 3.85. The van der Waals surface area contributed by atoms with Crippen LogP contribution in [0.25, 0.3) is 22.5 Å². The monoisotopic (exact) mass is 571 g/mol. The lowest BCUT2D eigenvalue weighted by molar-refractivity contribution is 0.214. The van der Waals surface area contributed by atoms with Crippen molar-refractivity contribution in [3.63, 3.8) is 0 Å². The van der Waals surface area contributed by atoms with E-state index in [1.54, 1.807) is 0 Å². The lowest BCUT2D eigenvalue weighted by atomic mass is 9.91. The average molecular weight is 572 g/mol. The highest BCUT2D eigenvalue weighted by atomic mass is 32.1. The highest BCUT2D eigenvalue weighted by Gasteiger charge is 2.25. The molecule has 0 amide bonds. The Morgan fingerprint density at radius 3 is 2.37 bits per heavy atom. The summed E-state index contributed by atoms with van der Waals surface area (Å²) in [7, 11) is 0. The fourth-order valence-corrected chi connectivity index (χ4v) is 6.22. The first-order chi connectivity index (χ1) is 19.7. The second-order valence-corrected chi connectivity index (χ2v) is 11.8. The van der Waals surface area contributed by atoms with Crippen LogP contribution >= 0.6 is 12.2 Å². The SMILES string of the molecule is CCCc1nc(C)c(CC(=S)N2CC(C)CC(C)C2)c(=O)n1Cc1ccc(-c2ccccc2-c2noc(=O)[nH]2)cc1. The Hall–Kier alpha value is -3.85. The third-order valence-electron chi connectivity index (χ3n) is 7.80. The van der Waals surface area contributed by atoms with E-state index < -0.39 is 5.76 Å². The maximum absolute atomic E-state index is 13.9. The molecule has 1 fully saturated rings. The van der Waals surface area contributed by atoms with Crippen molar-refractivity contribution in [3.05, 3.63) is 92.1 Å². The molecule has 1 saturated heterocycles. The number of piperidine rings is 1. The van der Waals surface area contributed by atoms with Gasteiger partial charge in [-0.25, -0.2) is 9.78 Å². The number of thiocarbonyl (C=S) groups is 1. The average Bonchev–Trinajstić information content (AvgIpc) is 3.39. The number of benzene rings is 2. The second-order valence-electron chi connectivity index (χ2n) is 11.3. The van der Waals surface area contributed by atoms with E-state index >= 15 is 0 Å². The molecule has 8 nitrogen and oxygen atoms in total. The molecule has 5 rings (SSSR count). The summed E-state index contributed by atoms with van der Waals surface area (Å²) in [5.41, 5.74) is 5.10. The zero-order valence-electron chi connectivity index (χ0n) is 24.1. The van der Waals surface area contributed by atoms with E-state index in [0.29, 0.717) is 36.2 Å². The van der Waals surface area contributed by atoms with Gasteiger partial charge in [0.1, 0.15) is 5.82 Å². The molecule has 1 aliphatic heterocycles. The van der Waals surface area contributed by atoms with Crippen LogP contribution in [0.15, 0.2) is 62.6 Å². The smallest absolute Gasteiger partial charge is 0.365 e. The molecule has 2 aromatic carbocycles. The minimum atomic E-state index is -0.592. The lowest BCUT2D eigenvalue weighted by Gasteiger charge is -2.36. The number of H-pyrrole nitrogens is 1. The lowest BCUT2D eigenvalue weighted by Crippen LogP contribution is -2.43. The van der Waals surface area contributed by atoms with Gasteiger partial charge in [-0.3, -0.25) is 18.9 Å². The maximum Gasteiger partial charge on any atom is 0.439 e. The van der Waals surface area contributed by atoms with Gasteiger partial charge in [0.25, 0.3) is 5.56 Å². The largest absolute Gasteiger partial charge is 0.439 e. The van der Waals surface area contributed by atoms with Crippen LogP contribution in [-0.4, -0.2) is 42.7 Å². The number of hydrogen-bond acceptors (Lipinski definition) is 6. The third-order valence-corrected chi connectivity index (χ3v) is 8.20. The van der Waals surface area contributed by atoms with Crippen molar-refractivity contribution in [3.8, 4) is 22.5 Å². The van der Waals surface area contributed by atoms with Gasteiger partial charge in [0.05, 0.1) is 11.5 Å². The van der Waals surface area contributed by atoms with E-state index in [2.05, 4.69) is 35.8 Å². The fraction of sp³-hybridized carbons (Fsp3) is 0.406. The predicted molar refractivity (Wildman–Crippen MR) is 165 cm³/mol. The zero-order chi connectivity index (χ0) is 29.1. The first-order valence-corrected chi connectivity index (χ1v) is 14.8. The number of nitrogens with one attached hydrogen (secondary N) is 1. The van der Waals surface area contributed by atoms with E-state index in [-0.39, 0.29) is 5.56 Å². The van der Waals surface area contributed by atoms with Gasteiger partial charge in [-0.1, -0.05) is 86.7 Å². The number of hydrogen-bond donors (Lipinski definition) is 1. The van der Waals surface area contributed by atoms with Gasteiger partial charge in [-0.15, -0.1) is 0 Å². The van der Waals surface area contributed by atoms with Gasteiger partial charge in [0, 0.05) is 42.8 Å². The number of nitrogens with zero attached hydrogens (tertiary/aromatic N) is 4. The first kappa shape index (κ1) is 28.7. The van der Waals surface area contributed by atoms with Crippen molar-refractivity contribution in [2.24, 2.45) is 11.8 Å². The van der Waals surface area contributed by atoms with Gasteiger partial charge >= 0.3 is 5.76 Å². The zero-order valence-corrected chi connectivity index (χ0v) is 25.0. The van der Waals surface area contributed by atoms with Crippen molar-refractivity contribution in [2.45, 2.75) is 59.9 Å². The molecule has 214 valence electrons. The molecule has 0 radical (unpaired) electrons. The minimum Gasteiger partial charge on any atom is -0.365 e. The molecule has 4 aromatic rings. The Morgan fingerprint density at radius 1 is 1.05 bits per heavy atom. The second kappa shape index (κ2) is 12.3. The molecule has 2 atom stereocenters. The molecule has 0 saturated carbocycles. The first-order valence-electron chi connectivity index (χ1n) is 14.3. The van der Waals surface area contributed by atoms with Crippen molar-refractivity contribution < 1.29 is 4.52 Å². The number of likely N-dealkylation sites (tertiary alicyclic amines) is 1. The molecule has 2 aromatic heterocycles. The van der Waals surface area contributed by atoms with E-state index in [4.69, 9.17) is 21.7 Å². The normalized spacial score (nSPS) is 17.1. The van der Waals surface area contributed by atoms with Crippen molar-refractivity contribution in [1.82, 2.24) is 24.6 Å². The summed E-state index contributed by atoms with van der Waals surface area (Å²) < 4.78 is 6.53. The van der Waals surface area contributed by atoms with Gasteiger partial charge in [0.2, 0.25) is 0 Å². The summed E-state index contributed by atoms with van der Waals surface area (Å²) in [6.07, 6.45) is 3.28. The number of aromatic amines is 1. The molecule has 0 bridgehead atoms. The van der Waals surface area contributed by atoms with Gasteiger partial charge in [-0.2, -0.15) is 0 Å². The van der Waals surface area contributed by atoms with Crippen LogP contribution in [0.3, 0.4) is 0 Å². The molecule has 2 unspecified atom stereocenters. The highest BCUT2D eigenvalue weighted by Crippen LogP contribution is 2.30. The molecule has 1 aliphatic rings. The Morgan fingerprint density at radius 2 is 1.73 bits per heavy atom. The molecule has 41 heavy (non-hydrogen) atoms. The molecule has 1 N–H and O–H groups in total. The molecular formula is C32H37N5O3S. The van der Waals surface area contributed by atoms with Crippen LogP contribution in [0.2, 0.25) is 0 Å². The van der Waals surface area contributed by atoms with E-state index in [1.165, 1.54) is 6.42 Å².